The average Bonchev–Trinajstić information content (AvgIpc) is 2.38. The molecule has 0 aromatic heterocycles. The Hall–Kier alpha value is -0.740. The first-order chi connectivity index (χ1) is 9.51. The zero-order valence-corrected chi connectivity index (χ0v) is 13.8. The predicted octanol–water partition coefficient (Wildman–Crippen LogP) is 5.04. The predicted molar refractivity (Wildman–Crippen MR) is 85.8 cm³/mol. The molecular formula is C15H13BrCl2O2. The van der Waals surface area contributed by atoms with E-state index in [4.69, 9.17) is 27.9 Å². The Morgan fingerprint density at radius 3 is 2.60 bits per heavy atom. The zero-order chi connectivity index (χ0) is 14.7. The second-order valence-electron chi connectivity index (χ2n) is 4.34. The molecule has 106 valence electrons. The van der Waals surface area contributed by atoms with Crippen LogP contribution in [0.5, 0.6) is 5.75 Å². The van der Waals surface area contributed by atoms with Crippen molar-refractivity contribution in [2.75, 3.05) is 7.11 Å². The minimum atomic E-state index is -0.719. The van der Waals surface area contributed by atoms with E-state index < -0.39 is 6.10 Å². The number of aliphatic hydroxyl groups is 1. The van der Waals surface area contributed by atoms with Gasteiger partial charge in [-0.3, -0.25) is 0 Å². The summed E-state index contributed by atoms with van der Waals surface area (Å²) in [5, 5.41) is 11.5. The molecule has 2 nitrogen and oxygen atoms in total. The Balaban J connectivity index is 2.27. The highest BCUT2D eigenvalue weighted by molar-refractivity contribution is 9.10. The van der Waals surface area contributed by atoms with Crippen molar-refractivity contribution in [1.29, 1.82) is 0 Å². The molecule has 20 heavy (non-hydrogen) atoms. The van der Waals surface area contributed by atoms with Gasteiger partial charge >= 0.3 is 0 Å². The molecule has 1 atom stereocenters. The summed E-state index contributed by atoms with van der Waals surface area (Å²) in [7, 11) is 1.59. The monoisotopic (exact) mass is 374 g/mol. The van der Waals surface area contributed by atoms with Gasteiger partial charge in [0, 0.05) is 20.9 Å². The first-order valence-corrected chi connectivity index (χ1v) is 7.51. The summed E-state index contributed by atoms with van der Waals surface area (Å²) >= 11 is 15.5. The summed E-state index contributed by atoms with van der Waals surface area (Å²) in [6, 6.07) is 10.7. The summed E-state index contributed by atoms with van der Waals surface area (Å²) in [5.41, 5.74) is 1.52. The van der Waals surface area contributed by atoms with E-state index in [0.29, 0.717) is 27.8 Å². The second-order valence-corrected chi connectivity index (χ2v) is 6.10. The quantitative estimate of drug-likeness (QED) is 0.810. The Kier molecular flexibility index (Phi) is 5.33. The van der Waals surface area contributed by atoms with E-state index in [1.807, 2.05) is 6.07 Å². The van der Waals surface area contributed by atoms with Crippen LogP contribution in [-0.4, -0.2) is 12.2 Å². The Bertz CT molecular complexity index is 617. The minimum Gasteiger partial charge on any atom is -0.496 e. The summed E-state index contributed by atoms with van der Waals surface area (Å²) in [6.45, 7) is 0. The van der Waals surface area contributed by atoms with Crippen LogP contribution in [0.2, 0.25) is 10.0 Å². The van der Waals surface area contributed by atoms with Crippen LogP contribution in [0.25, 0.3) is 0 Å². The molecule has 0 spiro atoms. The van der Waals surface area contributed by atoms with Crippen molar-refractivity contribution in [1.82, 2.24) is 0 Å². The highest BCUT2D eigenvalue weighted by atomic mass is 79.9. The van der Waals surface area contributed by atoms with Crippen LogP contribution < -0.4 is 4.74 Å². The van der Waals surface area contributed by atoms with E-state index in [-0.39, 0.29) is 0 Å². The maximum atomic E-state index is 10.4. The van der Waals surface area contributed by atoms with E-state index in [9.17, 15) is 5.11 Å². The molecule has 2 rings (SSSR count). The zero-order valence-electron chi connectivity index (χ0n) is 10.7. The molecule has 0 saturated heterocycles. The molecule has 5 heteroatoms. The van der Waals surface area contributed by atoms with E-state index in [2.05, 4.69) is 15.9 Å². The number of methoxy groups -OCH3 is 1. The van der Waals surface area contributed by atoms with Gasteiger partial charge in [0.25, 0.3) is 0 Å². The topological polar surface area (TPSA) is 29.5 Å². The first kappa shape index (κ1) is 15.6. The van der Waals surface area contributed by atoms with E-state index in [1.54, 1.807) is 37.4 Å². The van der Waals surface area contributed by atoms with Gasteiger partial charge in [0.1, 0.15) is 5.75 Å². The van der Waals surface area contributed by atoms with Gasteiger partial charge in [0.05, 0.1) is 13.2 Å². The smallest absolute Gasteiger partial charge is 0.122 e. The lowest BCUT2D eigenvalue weighted by Gasteiger charge is -2.15. The Labute approximate surface area is 136 Å². The van der Waals surface area contributed by atoms with Crippen molar-refractivity contribution in [3.63, 3.8) is 0 Å². The lowest BCUT2D eigenvalue weighted by molar-refractivity contribution is 0.177. The molecule has 0 fully saturated rings. The summed E-state index contributed by atoms with van der Waals surface area (Å²) in [5.74, 6) is 0.696. The normalized spacial score (nSPS) is 12.2. The molecule has 0 saturated carbocycles. The van der Waals surface area contributed by atoms with Gasteiger partial charge in [-0.15, -0.1) is 0 Å². The van der Waals surface area contributed by atoms with Crippen LogP contribution in [0.15, 0.2) is 40.9 Å². The molecule has 0 amide bonds. The third-order valence-electron chi connectivity index (χ3n) is 2.98. The van der Waals surface area contributed by atoms with Crippen molar-refractivity contribution in [2.45, 2.75) is 12.5 Å². The number of halogens is 3. The van der Waals surface area contributed by atoms with E-state index in [0.717, 1.165) is 10.0 Å². The van der Waals surface area contributed by atoms with Gasteiger partial charge in [-0.25, -0.2) is 0 Å². The van der Waals surface area contributed by atoms with Gasteiger partial charge in [-0.1, -0.05) is 45.2 Å². The molecule has 0 radical (unpaired) electrons. The first-order valence-electron chi connectivity index (χ1n) is 5.96. The fourth-order valence-corrected chi connectivity index (χ4v) is 2.99. The fraction of sp³-hybridized carbons (Fsp3) is 0.200. The van der Waals surface area contributed by atoms with Gasteiger partial charge in [-0.2, -0.15) is 0 Å². The highest BCUT2D eigenvalue weighted by Gasteiger charge is 2.15. The number of ether oxygens (including phenoxy) is 1. The van der Waals surface area contributed by atoms with Crippen molar-refractivity contribution in [3.8, 4) is 5.75 Å². The standard InChI is InChI=1S/C15H13BrCl2O2/c1-20-15-5-3-11(17)6-9(15)7-14(19)12-4-2-10(16)8-13(12)18/h2-6,8,14,19H,7H2,1H3. The SMILES string of the molecule is COc1ccc(Cl)cc1CC(O)c1ccc(Br)cc1Cl. The molecule has 2 aromatic rings. The van der Waals surface area contributed by atoms with Crippen molar-refractivity contribution < 1.29 is 9.84 Å². The molecule has 1 unspecified atom stereocenters. The van der Waals surface area contributed by atoms with Crippen LogP contribution in [0.4, 0.5) is 0 Å². The van der Waals surface area contributed by atoms with Gasteiger partial charge in [-0.05, 0) is 41.5 Å². The average molecular weight is 376 g/mol. The number of hydrogen-bond donors (Lipinski definition) is 1. The number of hydrogen-bond acceptors (Lipinski definition) is 2. The van der Waals surface area contributed by atoms with Crippen molar-refractivity contribution in [2.24, 2.45) is 0 Å². The molecule has 0 bridgehead atoms. The third kappa shape index (κ3) is 3.67. The van der Waals surface area contributed by atoms with Crippen LogP contribution in [0.1, 0.15) is 17.2 Å². The van der Waals surface area contributed by atoms with Gasteiger partial charge < -0.3 is 9.84 Å². The molecular weight excluding hydrogens is 363 g/mol. The van der Waals surface area contributed by atoms with Gasteiger partial charge in [0.15, 0.2) is 0 Å². The molecule has 1 N–H and O–H groups in total. The summed E-state index contributed by atoms with van der Waals surface area (Å²) in [4.78, 5) is 0. The summed E-state index contributed by atoms with van der Waals surface area (Å²) < 4.78 is 6.15. The number of aliphatic hydroxyl groups excluding tert-OH is 1. The third-order valence-corrected chi connectivity index (χ3v) is 4.03. The minimum absolute atomic E-state index is 0.380. The van der Waals surface area contributed by atoms with Crippen LogP contribution in [0.3, 0.4) is 0 Å². The molecule has 2 aromatic carbocycles. The van der Waals surface area contributed by atoms with Gasteiger partial charge in [0.2, 0.25) is 0 Å². The van der Waals surface area contributed by atoms with Crippen molar-refractivity contribution >= 4 is 39.1 Å². The van der Waals surface area contributed by atoms with E-state index in [1.165, 1.54) is 0 Å². The number of benzene rings is 2. The molecule has 0 aliphatic carbocycles. The number of rotatable bonds is 4. The maximum Gasteiger partial charge on any atom is 0.122 e. The molecule has 0 aliphatic rings. The van der Waals surface area contributed by atoms with Crippen molar-refractivity contribution in [3.05, 3.63) is 62.0 Å². The molecule has 0 heterocycles. The van der Waals surface area contributed by atoms with E-state index >= 15 is 0 Å². The van der Waals surface area contributed by atoms with Crippen LogP contribution in [-0.2, 0) is 6.42 Å². The second kappa shape index (κ2) is 6.81. The fourth-order valence-electron chi connectivity index (χ4n) is 2.00. The van der Waals surface area contributed by atoms with Crippen LogP contribution in [0, 0.1) is 0 Å². The Morgan fingerprint density at radius 2 is 1.95 bits per heavy atom. The highest BCUT2D eigenvalue weighted by Crippen LogP contribution is 2.31. The lowest BCUT2D eigenvalue weighted by atomic mass is 10.0. The lowest BCUT2D eigenvalue weighted by Crippen LogP contribution is -2.04. The summed E-state index contributed by atoms with van der Waals surface area (Å²) in [6.07, 6.45) is -0.339. The maximum absolute atomic E-state index is 10.4. The molecule has 0 aliphatic heterocycles. The Morgan fingerprint density at radius 1 is 1.20 bits per heavy atom. The largest absolute Gasteiger partial charge is 0.496 e. The van der Waals surface area contributed by atoms with Crippen LogP contribution >= 0.6 is 39.1 Å².